The van der Waals surface area contributed by atoms with E-state index >= 15 is 0 Å². The van der Waals surface area contributed by atoms with Crippen molar-refractivity contribution in [3.63, 3.8) is 0 Å². The zero-order valence-electron chi connectivity index (χ0n) is 18.6. The van der Waals surface area contributed by atoms with E-state index in [1.54, 1.807) is 18.2 Å². The first-order chi connectivity index (χ1) is 16.0. The Morgan fingerprint density at radius 3 is 2.52 bits per heavy atom. The number of ether oxygens (including phenoxy) is 3. The van der Waals surface area contributed by atoms with Gasteiger partial charge in [0.2, 0.25) is 0 Å². The molecule has 0 spiro atoms. The molecule has 0 aliphatic rings. The van der Waals surface area contributed by atoms with Crippen LogP contribution < -0.4 is 14.2 Å². The van der Waals surface area contributed by atoms with Crippen LogP contribution in [0, 0.1) is 0 Å². The van der Waals surface area contributed by atoms with E-state index in [2.05, 4.69) is 4.98 Å². The zero-order chi connectivity index (χ0) is 23.2. The van der Waals surface area contributed by atoms with Gasteiger partial charge in [0.25, 0.3) is 0 Å². The van der Waals surface area contributed by atoms with E-state index < -0.39 is 6.10 Å². The topological polar surface area (TPSA) is 82.8 Å². The minimum absolute atomic E-state index is 0.0429. The van der Waals surface area contributed by atoms with Gasteiger partial charge in [-0.05, 0) is 49.4 Å². The highest BCUT2D eigenvalue weighted by atomic mass is 16.5. The van der Waals surface area contributed by atoms with Gasteiger partial charge in [0.15, 0.2) is 17.3 Å². The minimum Gasteiger partial charge on any atom is -0.493 e. The second kappa shape index (κ2) is 10.2. The smallest absolute Gasteiger partial charge is 0.161 e. The van der Waals surface area contributed by atoms with Crippen molar-refractivity contribution in [1.82, 2.24) is 9.55 Å². The van der Waals surface area contributed by atoms with E-state index in [1.165, 1.54) is 14.0 Å². The molecule has 4 rings (SSSR count). The molecular weight excluding hydrogens is 420 g/mol. The predicted molar refractivity (Wildman–Crippen MR) is 125 cm³/mol. The molecule has 1 heterocycles. The number of imidazole rings is 1. The van der Waals surface area contributed by atoms with E-state index in [-0.39, 0.29) is 25.5 Å². The summed E-state index contributed by atoms with van der Waals surface area (Å²) in [5, 5.41) is 10.7. The third kappa shape index (κ3) is 5.32. The average Bonchev–Trinajstić information content (AvgIpc) is 3.19. The summed E-state index contributed by atoms with van der Waals surface area (Å²) in [6.45, 7) is 2.09. The Hall–Kier alpha value is -3.84. The molecule has 1 atom stereocenters. The Morgan fingerprint density at radius 1 is 1.00 bits per heavy atom. The highest BCUT2D eigenvalue weighted by Gasteiger charge is 2.16. The number of methoxy groups -OCH3 is 1. The first kappa shape index (κ1) is 22.4. The maximum atomic E-state index is 11.6. The van der Waals surface area contributed by atoms with Gasteiger partial charge in [-0.15, -0.1) is 0 Å². The van der Waals surface area contributed by atoms with Crippen molar-refractivity contribution in [2.45, 2.75) is 26.2 Å². The van der Waals surface area contributed by atoms with Crippen molar-refractivity contribution < 1.29 is 24.1 Å². The fourth-order valence-corrected chi connectivity index (χ4v) is 3.56. The van der Waals surface area contributed by atoms with E-state index in [4.69, 9.17) is 14.2 Å². The number of aromatic nitrogens is 2. The van der Waals surface area contributed by atoms with Crippen molar-refractivity contribution in [2.75, 3.05) is 13.7 Å². The van der Waals surface area contributed by atoms with Gasteiger partial charge in [-0.1, -0.05) is 30.3 Å². The quantitative estimate of drug-likeness (QED) is 0.367. The van der Waals surface area contributed by atoms with Gasteiger partial charge in [-0.2, -0.15) is 0 Å². The number of fused-ring (bicyclic) bond motifs is 1. The standard InChI is InChI=1S/C26H26N2O5/c1-18(29)19-12-13-24(25(14-19)31-2)33-16-20(30)15-28-23-11-7-6-10-22(23)27-26(28)17-32-21-8-4-3-5-9-21/h3-14,20,30H,15-17H2,1-2H3/t20-/m1/s1. The van der Waals surface area contributed by atoms with Gasteiger partial charge in [0.05, 0.1) is 24.7 Å². The Balaban J connectivity index is 1.48. The average molecular weight is 447 g/mol. The van der Waals surface area contributed by atoms with Crippen LogP contribution in [0.25, 0.3) is 11.0 Å². The molecule has 4 aromatic rings. The number of aliphatic hydroxyl groups excluding tert-OH is 1. The summed E-state index contributed by atoms with van der Waals surface area (Å²) < 4.78 is 19.0. The maximum Gasteiger partial charge on any atom is 0.161 e. The fourth-order valence-electron chi connectivity index (χ4n) is 3.56. The van der Waals surface area contributed by atoms with Crippen molar-refractivity contribution >= 4 is 16.8 Å². The maximum absolute atomic E-state index is 11.6. The Labute approximate surface area is 192 Å². The summed E-state index contributed by atoms with van der Waals surface area (Å²) in [7, 11) is 1.51. The van der Waals surface area contributed by atoms with Crippen LogP contribution in [0.1, 0.15) is 23.1 Å². The predicted octanol–water partition coefficient (Wildman–Crippen LogP) is 4.27. The number of carbonyl (C=O) groups is 1. The van der Waals surface area contributed by atoms with Gasteiger partial charge >= 0.3 is 0 Å². The number of Topliss-reactive ketones (excluding diaryl/α,β-unsaturated/α-hetero) is 1. The fraction of sp³-hybridized carbons (Fsp3) is 0.231. The summed E-state index contributed by atoms with van der Waals surface area (Å²) in [6, 6.07) is 22.3. The number of rotatable bonds is 10. The minimum atomic E-state index is -0.810. The van der Waals surface area contributed by atoms with Crippen molar-refractivity contribution in [3.05, 3.63) is 84.2 Å². The highest BCUT2D eigenvalue weighted by Crippen LogP contribution is 2.28. The highest BCUT2D eigenvalue weighted by molar-refractivity contribution is 5.94. The molecule has 0 aliphatic heterocycles. The molecule has 0 unspecified atom stereocenters. The summed E-state index contributed by atoms with van der Waals surface area (Å²) in [5.41, 5.74) is 2.28. The molecule has 7 heteroatoms. The van der Waals surface area contributed by atoms with Gasteiger partial charge in [-0.3, -0.25) is 4.79 Å². The largest absolute Gasteiger partial charge is 0.493 e. The van der Waals surface area contributed by atoms with Gasteiger partial charge < -0.3 is 23.9 Å². The number of ketones is 1. The summed E-state index contributed by atoms with van der Waals surface area (Å²) in [5.74, 6) is 2.31. The molecule has 170 valence electrons. The summed E-state index contributed by atoms with van der Waals surface area (Å²) >= 11 is 0. The molecule has 0 aliphatic carbocycles. The Kier molecular flexibility index (Phi) is 6.90. The molecule has 0 saturated heterocycles. The first-order valence-electron chi connectivity index (χ1n) is 10.7. The number of hydrogen-bond donors (Lipinski definition) is 1. The van der Waals surface area contributed by atoms with Crippen LogP contribution in [0.4, 0.5) is 0 Å². The Bertz CT molecular complexity index is 1240. The molecule has 0 radical (unpaired) electrons. The van der Waals surface area contributed by atoms with Crippen LogP contribution in [0.2, 0.25) is 0 Å². The lowest BCUT2D eigenvalue weighted by Gasteiger charge is -2.17. The number of nitrogens with zero attached hydrogens (tertiary/aromatic N) is 2. The molecule has 0 bridgehead atoms. The molecule has 1 aromatic heterocycles. The van der Waals surface area contributed by atoms with Crippen LogP contribution in [-0.4, -0.2) is 40.3 Å². The molecule has 0 amide bonds. The normalized spacial score (nSPS) is 11.8. The summed E-state index contributed by atoms with van der Waals surface area (Å²) in [6.07, 6.45) is -0.810. The Morgan fingerprint density at radius 2 is 1.76 bits per heavy atom. The molecule has 0 fully saturated rings. The van der Waals surface area contributed by atoms with Crippen molar-refractivity contribution in [1.29, 1.82) is 0 Å². The van der Waals surface area contributed by atoms with Gasteiger partial charge in [0, 0.05) is 5.56 Å². The lowest BCUT2D eigenvalue weighted by atomic mass is 10.1. The number of para-hydroxylation sites is 3. The van der Waals surface area contributed by atoms with E-state index in [0.29, 0.717) is 22.9 Å². The monoisotopic (exact) mass is 446 g/mol. The molecule has 33 heavy (non-hydrogen) atoms. The third-order valence-corrected chi connectivity index (χ3v) is 5.24. The van der Waals surface area contributed by atoms with Gasteiger partial charge in [0.1, 0.15) is 30.9 Å². The van der Waals surface area contributed by atoms with Crippen LogP contribution >= 0.6 is 0 Å². The number of aliphatic hydroxyl groups is 1. The van der Waals surface area contributed by atoms with Crippen LogP contribution in [0.3, 0.4) is 0 Å². The number of carbonyl (C=O) groups excluding carboxylic acids is 1. The summed E-state index contributed by atoms with van der Waals surface area (Å²) in [4.78, 5) is 16.3. The van der Waals surface area contributed by atoms with E-state index in [0.717, 1.165) is 16.8 Å². The van der Waals surface area contributed by atoms with Crippen molar-refractivity contribution in [3.8, 4) is 17.2 Å². The van der Waals surface area contributed by atoms with E-state index in [9.17, 15) is 9.90 Å². The number of benzene rings is 3. The zero-order valence-corrected chi connectivity index (χ0v) is 18.6. The molecule has 3 aromatic carbocycles. The van der Waals surface area contributed by atoms with Crippen LogP contribution in [-0.2, 0) is 13.2 Å². The lowest BCUT2D eigenvalue weighted by molar-refractivity contribution is 0.0901. The second-order valence-electron chi connectivity index (χ2n) is 7.62. The van der Waals surface area contributed by atoms with Crippen LogP contribution in [0.5, 0.6) is 17.2 Å². The first-order valence-corrected chi connectivity index (χ1v) is 10.7. The molecule has 7 nitrogen and oxygen atoms in total. The van der Waals surface area contributed by atoms with Crippen molar-refractivity contribution in [2.24, 2.45) is 0 Å². The lowest BCUT2D eigenvalue weighted by Crippen LogP contribution is -2.25. The molecule has 0 saturated carbocycles. The van der Waals surface area contributed by atoms with Gasteiger partial charge in [-0.25, -0.2) is 4.98 Å². The second-order valence-corrected chi connectivity index (χ2v) is 7.62. The molecule has 1 N–H and O–H groups in total. The van der Waals surface area contributed by atoms with Crippen LogP contribution in [0.15, 0.2) is 72.8 Å². The van der Waals surface area contributed by atoms with E-state index in [1.807, 2.05) is 59.2 Å². The molecular formula is C26H26N2O5. The SMILES string of the molecule is COc1cc(C(C)=O)ccc1OC[C@H](O)Cn1c(COc2ccccc2)nc2ccccc21. The number of hydrogen-bond acceptors (Lipinski definition) is 6. The third-order valence-electron chi connectivity index (χ3n) is 5.24.